The van der Waals surface area contributed by atoms with Crippen molar-refractivity contribution in [3.05, 3.63) is 80.8 Å². The van der Waals surface area contributed by atoms with Gasteiger partial charge >= 0.3 is 0 Å². The van der Waals surface area contributed by atoms with Crippen molar-refractivity contribution in [2.24, 2.45) is 0 Å². The number of carbonyl (C=O) groups excluding carboxylic acids is 3. The summed E-state index contributed by atoms with van der Waals surface area (Å²) in [6.07, 6.45) is 0. The Balaban J connectivity index is 1.82. The van der Waals surface area contributed by atoms with E-state index in [4.69, 9.17) is 23.2 Å². The predicted octanol–water partition coefficient (Wildman–Crippen LogP) is 4.52. The number of carbonyl (C=O) groups is 3. The maximum Gasteiger partial charge on any atom is 0.256 e. The van der Waals surface area contributed by atoms with Crippen LogP contribution in [0.3, 0.4) is 0 Å². The normalized spacial score (nSPS) is 11.6. The highest BCUT2D eigenvalue weighted by atomic mass is 35.5. The fourth-order valence-corrected chi connectivity index (χ4v) is 4.05. The summed E-state index contributed by atoms with van der Waals surface area (Å²) in [6.45, 7) is 5.28. The highest BCUT2D eigenvalue weighted by Crippen LogP contribution is 2.23. The molecule has 0 aliphatic heterocycles. The number of hydrogen-bond donors (Lipinski definition) is 3. The summed E-state index contributed by atoms with van der Waals surface area (Å²) in [5.74, 6) is -2.11. The summed E-state index contributed by atoms with van der Waals surface area (Å²) in [4.78, 5) is 37.2. The number of amides is 3. The molecule has 0 aliphatic carbocycles. The van der Waals surface area contributed by atoms with E-state index in [0.29, 0.717) is 22.8 Å². The average molecular weight is 520 g/mol. The number of aromatic nitrogens is 2. The third kappa shape index (κ3) is 6.37. The minimum Gasteiger partial charge on any atom is -0.350 e. The molecule has 1 heterocycles. The molecule has 0 fully saturated rings. The lowest BCUT2D eigenvalue weighted by molar-refractivity contribution is -0.114. The number of halogens is 3. The van der Waals surface area contributed by atoms with Crippen molar-refractivity contribution in [1.82, 2.24) is 20.4 Å². The molecule has 184 valence electrons. The highest BCUT2D eigenvalue weighted by molar-refractivity contribution is 6.33. The second kappa shape index (κ2) is 11.3. The lowest BCUT2D eigenvalue weighted by Crippen LogP contribution is -2.38. The smallest absolute Gasteiger partial charge is 0.256 e. The van der Waals surface area contributed by atoms with Gasteiger partial charge in [-0.25, -0.2) is 4.39 Å². The van der Waals surface area contributed by atoms with Gasteiger partial charge in [0.15, 0.2) is 0 Å². The molecule has 3 aromatic rings. The minimum atomic E-state index is -0.666. The summed E-state index contributed by atoms with van der Waals surface area (Å²) in [5, 5.41) is 12.9. The third-order valence-corrected chi connectivity index (χ3v) is 5.77. The van der Waals surface area contributed by atoms with E-state index in [-0.39, 0.29) is 28.5 Å². The number of nitrogens with one attached hydrogen (secondary N) is 3. The molecule has 0 saturated heterocycles. The summed E-state index contributed by atoms with van der Waals surface area (Å²) in [5.41, 5.74) is 1.39. The molecular weight excluding hydrogens is 496 g/mol. The Kier molecular flexibility index (Phi) is 8.48. The van der Waals surface area contributed by atoms with Crippen LogP contribution in [0.15, 0.2) is 42.5 Å². The molecule has 8 nitrogen and oxygen atoms in total. The van der Waals surface area contributed by atoms with E-state index in [1.165, 1.54) is 23.7 Å². The Morgan fingerprint density at radius 2 is 1.86 bits per heavy atom. The van der Waals surface area contributed by atoms with Crippen molar-refractivity contribution in [3.8, 4) is 0 Å². The van der Waals surface area contributed by atoms with Gasteiger partial charge in [0.05, 0.1) is 23.0 Å². The van der Waals surface area contributed by atoms with Crippen LogP contribution in [0.1, 0.15) is 51.9 Å². The molecule has 3 rings (SSSR count). The van der Waals surface area contributed by atoms with E-state index in [1.54, 1.807) is 31.2 Å². The van der Waals surface area contributed by atoms with Gasteiger partial charge in [-0.2, -0.15) is 5.10 Å². The molecule has 3 amide bonds. The largest absolute Gasteiger partial charge is 0.350 e. The Morgan fingerprint density at radius 1 is 1.11 bits per heavy atom. The molecular formula is C24H24Cl2FN5O3. The molecule has 11 heteroatoms. The molecule has 0 spiro atoms. The van der Waals surface area contributed by atoms with Crippen LogP contribution in [0.5, 0.6) is 0 Å². The van der Waals surface area contributed by atoms with E-state index in [0.717, 1.165) is 6.07 Å². The second-order valence-electron chi connectivity index (χ2n) is 7.73. The van der Waals surface area contributed by atoms with Gasteiger partial charge in [0, 0.05) is 30.6 Å². The lowest BCUT2D eigenvalue weighted by atomic mass is 10.1. The SMILES string of the molecule is CCn1nc(C)c(C(=O)NC(CNC(=O)c2ccc(F)c(NC(C)=O)c2)c2cccc(Cl)c2)c1Cl. The van der Waals surface area contributed by atoms with Crippen LogP contribution in [0, 0.1) is 12.7 Å². The first kappa shape index (κ1) is 26.2. The van der Waals surface area contributed by atoms with Gasteiger partial charge in [0.1, 0.15) is 11.0 Å². The molecule has 2 aromatic carbocycles. The van der Waals surface area contributed by atoms with Crippen LogP contribution in [-0.4, -0.2) is 34.0 Å². The van der Waals surface area contributed by atoms with Crippen molar-refractivity contribution in [2.75, 3.05) is 11.9 Å². The lowest BCUT2D eigenvalue weighted by Gasteiger charge is -2.20. The van der Waals surface area contributed by atoms with Crippen molar-refractivity contribution in [2.45, 2.75) is 33.4 Å². The topological polar surface area (TPSA) is 105 Å². The van der Waals surface area contributed by atoms with E-state index in [9.17, 15) is 18.8 Å². The average Bonchev–Trinajstić information content (AvgIpc) is 3.10. The predicted molar refractivity (Wildman–Crippen MR) is 132 cm³/mol. The summed E-state index contributed by atoms with van der Waals surface area (Å²) < 4.78 is 15.5. The summed E-state index contributed by atoms with van der Waals surface area (Å²) >= 11 is 12.5. The molecule has 1 unspecified atom stereocenters. The standard InChI is InChI=1S/C24H24Cl2FN5O3/c1-4-32-22(26)21(13(2)31-32)24(35)30-20(15-6-5-7-17(25)10-15)12-28-23(34)16-8-9-18(27)19(11-16)29-14(3)33/h5-11,20H,4,12H2,1-3H3,(H,28,34)(H,29,33)(H,30,35). The molecule has 0 bridgehead atoms. The van der Waals surface area contributed by atoms with E-state index in [1.807, 2.05) is 6.92 Å². The van der Waals surface area contributed by atoms with Crippen LogP contribution in [0.4, 0.5) is 10.1 Å². The van der Waals surface area contributed by atoms with Gasteiger partial charge in [0.25, 0.3) is 11.8 Å². The van der Waals surface area contributed by atoms with Crippen LogP contribution in [-0.2, 0) is 11.3 Å². The first-order valence-corrected chi connectivity index (χ1v) is 11.5. The highest BCUT2D eigenvalue weighted by Gasteiger charge is 2.24. The zero-order chi connectivity index (χ0) is 25.7. The Hall–Kier alpha value is -3.43. The molecule has 3 N–H and O–H groups in total. The second-order valence-corrected chi connectivity index (χ2v) is 8.53. The molecule has 0 aliphatic rings. The molecule has 35 heavy (non-hydrogen) atoms. The van der Waals surface area contributed by atoms with E-state index < -0.39 is 29.6 Å². The van der Waals surface area contributed by atoms with Crippen LogP contribution in [0.25, 0.3) is 0 Å². The number of nitrogens with zero attached hydrogens (tertiary/aromatic N) is 2. The van der Waals surface area contributed by atoms with Gasteiger partial charge < -0.3 is 16.0 Å². The van der Waals surface area contributed by atoms with Gasteiger partial charge in [-0.15, -0.1) is 0 Å². The van der Waals surface area contributed by atoms with E-state index >= 15 is 0 Å². The molecule has 1 atom stereocenters. The van der Waals surface area contributed by atoms with E-state index in [2.05, 4.69) is 21.0 Å². The molecule has 1 aromatic heterocycles. The Bertz CT molecular complexity index is 1280. The number of benzene rings is 2. The van der Waals surface area contributed by atoms with Gasteiger partial charge in [0.2, 0.25) is 5.91 Å². The number of aryl methyl sites for hydroxylation is 2. The van der Waals surface area contributed by atoms with Gasteiger partial charge in [-0.3, -0.25) is 19.1 Å². The summed E-state index contributed by atoms with van der Waals surface area (Å²) in [7, 11) is 0. The van der Waals surface area contributed by atoms with Crippen molar-refractivity contribution < 1.29 is 18.8 Å². The number of anilines is 1. The zero-order valence-electron chi connectivity index (χ0n) is 19.3. The Morgan fingerprint density at radius 3 is 2.49 bits per heavy atom. The Labute approximate surface area is 211 Å². The van der Waals surface area contributed by atoms with Crippen LogP contribution < -0.4 is 16.0 Å². The number of hydrogen-bond acceptors (Lipinski definition) is 4. The van der Waals surface area contributed by atoms with Crippen LogP contribution in [0.2, 0.25) is 10.2 Å². The maximum atomic E-state index is 13.9. The monoisotopic (exact) mass is 519 g/mol. The first-order valence-electron chi connectivity index (χ1n) is 10.7. The van der Waals surface area contributed by atoms with Crippen molar-refractivity contribution >= 4 is 46.6 Å². The first-order chi connectivity index (χ1) is 16.6. The third-order valence-electron chi connectivity index (χ3n) is 5.15. The minimum absolute atomic E-state index is 0.00363. The summed E-state index contributed by atoms with van der Waals surface area (Å²) in [6, 6.07) is 9.82. The fraction of sp³-hybridized carbons (Fsp3) is 0.250. The number of rotatable bonds is 8. The zero-order valence-corrected chi connectivity index (χ0v) is 20.8. The van der Waals surface area contributed by atoms with Crippen LogP contribution >= 0.6 is 23.2 Å². The quantitative estimate of drug-likeness (QED) is 0.406. The molecule has 0 saturated carbocycles. The van der Waals surface area contributed by atoms with Crippen molar-refractivity contribution in [1.29, 1.82) is 0 Å². The fourth-order valence-electron chi connectivity index (χ4n) is 3.48. The maximum absolute atomic E-state index is 13.9. The van der Waals surface area contributed by atoms with Gasteiger partial charge in [-0.05, 0) is 49.7 Å². The van der Waals surface area contributed by atoms with Crippen molar-refractivity contribution in [3.63, 3.8) is 0 Å². The molecule has 0 radical (unpaired) electrons. The van der Waals surface area contributed by atoms with Gasteiger partial charge in [-0.1, -0.05) is 35.3 Å².